The molecule has 0 saturated heterocycles. The molecule has 0 heterocycles. The first-order chi connectivity index (χ1) is 10.0. The van der Waals surface area contributed by atoms with Crippen LogP contribution in [0.15, 0.2) is 36.4 Å². The molecule has 2 aromatic rings. The monoisotopic (exact) mass is 288 g/mol. The molecule has 1 amide bonds. The van der Waals surface area contributed by atoms with Crippen LogP contribution >= 0.6 is 0 Å². The van der Waals surface area contributed by atoms with Crippen molar-refractivity contribution in [3.63, 3.8) is 0 Å². The predicted molar refractivity (Wildman–Crippen MR) is 81.1 cm³/mol. The first-order valence-electron chi connectivity index (χ1n) is 6.61. The van der Waals surface area contributed by atoms with Crippen LogP contribution in [-0.4, -0.2) is 12.5 Å². The van der Waals surface area contributed by atoms with Crippen molar-refractivity contribution in [2.24, 2.45) is 0 Å². The van der Waals surface area contributed by atoms with Crippen molar-refractivity contribution in [3.8, 4) is 5.75 Å². The molecule has 0 unspecified atom stereocenters. The van der Waals surface area contributed by atoms with Crippen molar-refractivity contribution in [2.75, 3.05) is 17.7 Å². The number of nitrogen functional groups attached to an aromatic ring is 1. The van der Waals surface area contributed by atoms with Crippen molar-refractivity contribution in [3.05, 3.63) is 53.3 Å². The number of aryl methyl sites for hydroxylation is 1. The van der Waals surface area contributed by atoms with Crippen LogP contribution in [0.2, 0.25) is 0 Å². The van der Waals surface area contributed by atoms with Crippen LogP contribution in [0.3, 0.4) is 0 Å². The fraction of sp³-hybridized carbons (Fsp3) is 0.188. The molecule has 0 aromatic heterocycles. The van der Waals surface area contributed by atoms with Gasteiger partial charge < -0.3 is 15.8 Å². The van der Waals surface area contributed by atoms with Gasteiger partial charge in [0.25, 0.3) is 5.91 Å². The van der Waals surface area contributed by atoms with E-state index in [1.54, 1.807) is 37.3 Å². The summed E-state index contributed by atoms with van der Waals surface area (Å²) >= 11 is 0. The molecular formula is C16H17FN2O2. The van der Waals surface area contributed by atoms with Crippen molar-refractivity contribution < 1.29 is 13.9 Å². The summed E-state index contributed by atoms with van der Waals surface area (Å²) in [5.74, 6) is -0.426. The predicted octanol–water partition coefficient (Wildman–Crippen LogP) is 3.37. The standard InChI is InChI=1S/C16H17FN2O2/c1-3-21-15-12(5-4-6-14(15)18)16(20)19-11-8-7-10(2)13(17)9-11/h4-9H,3,18H2,1-2H3,(H,19,20). The highest BCUT2D eigenvalue weighted by Crippen LogP contribution is 2.27. The number of amides is 1. The molecule has 0 radical (unpaired) electrons. The number of nitrogens with two attached hydrogens (primary N) is 1. The number of benzene rings is 2. The maximum absolute atomic E-state index is 13.5. The molecule has 2 aromatic carbocycles. The topological polar surface area (TPSA) is 64.3 Å². The van der Waals surface area contributed by atoms with Gasteiger partial charge in [0.1, 0.15) is 5.82 Å². The fourth-order valence-corrected chi connectivity index (χ4v) is 1.91. The third-order valence-corrected chi connectivity index (χ3v) is 3.01. The number of carbonyl (C=O) groups is 1. The zero-order valence-corrected chi connectivity index (χ0v) is 11.9. The molecule has 4 nitrogen and oxygen atoms in total. The van der Waals surface area contributed by atoms with E-state index in [9.17, 15) is 9.18 Å². The summed E-state index contributed by atoms with van der Waals surface area (Å²) in [6.45, 7) is 3.86. The Labute approximate surface area is 122 Å². The van der Waals surface area contributed by atoms with Crippen LogP contribution in [-0.2, 0) is 0 Å². The molecule has 0 aliphatic heterocycles. The van der Waals surface area contributed by atoms with Gasteiger partial charge in [0.2, 0.25) is 0 Å². The van der Waals surface area contributed by atoms with Gasteiger partial charge >= 0.3 is 0 Å². The number of rotatable bonds is 4. The van der Waals surface area contributed by atoms with Crippen LogP contribution in [0.5, 0.6) is 5.75 Å². The molecule has 110 valence electrons. The minimum absolute atomic E-state index is 0.317. The SMILES string of the molecule is CCOc1c(N)cccc1C(=O)Nc1ccc(C)c(F)c1. The van der Waals surface area contributed by atoms with Crippen molar-refractivity contribution in [1.29, 1.82) is 0 Å². The summed E-state index contributed by atoms with van der Waals surface area (Å²) in [6, 6.07) is 9.47. The van der Waals surface area contributed by atoms with E-state index in [1.807, 2.05) is 6.92 Å². The summed E-state index contributed by atoms with van der Waals surface area (Å²) in [7, 11) is 0. The van der Waals surface area contributed by atoms with Gasteiger partial charge in [0.15, 0.2) is 5.75 Å². The van der Waals surface area contributed by atoms with Crippen molar-refractivity contribution >= 4 is 17.3 Å². The van der Waals surface area contributed by atoms with Crippen molar-refractivity contribution in [2.45, 2.75) is 13.8 Å². The molecule has 0 saturated carbocycles. The lowest BCUT2D eigenvalue weighted by atomic mass is 10.1. The van der Waals surface area contributed by atoms with Crippen LogP contribution in [0, 0.1) is 12.7 Å². The lowest BCUT2D eigenvalue weighted by Crippen LogP contribution is -2.14. The van der Waals surface area contributed by atoms with Gasteiger partial charge in [-0.05, 0) is 43.7 Å². The van der Waals surface area contributed by atoms with Crippen LogP contribution < -0.4 is 15.8 Å². The van der Waals surface area contributed by atoms with E-state index in [0.717, 1.165) is 0 Å². The molecule has 0 atom stereocenters. The number of hydrogen-bond acceptors (Lipinski definition) is 3. The Kier molecular flexibility index (Phi) is 4.42. The Hall–Kier alpha value is -2.56. The highest BCUT2D eigenvalue weighted by Gasteiger charge is 2.15. The summed E-state index contributed by atoms with van der Waals surface area (Å²) in [6.07, 6.45) is 0. The molecule has 0 spiro atoms. The van der Waals surface area contributed by atoms with E-state index >= 15 is 0 Å². The van der Waals surface area contributed by atoms with Gasteiger partial charge in [-0.2, -0.15) is 0 Å². The van der Waals surface area contributed by atoms with Gasteiger partial charge in [0.05, 0.1) is 17.9 Å². The van der Waals surface area contributed by atoms with Gasteiger partial charge in [-0.25, -0.2) is 4.39 Å². The van der Waals surface area contributed by atoms with Crippen LogP contribution in [0.4, 0.5) is 15.8 Å². The van der Waals surface area contributed by atoms with Gasteiger partial charge in [0, 0.05) is 5.69 Å². The molecule has 3 N–H and O–H groups in total. The number of ether oxygens (including phenoxy) is 1. The van der Waals surface area contributed by atoms with Crippen LogP contribution in [0.25, 0.3) is 0 Å². The Morgan fingerprint density at radius 2 is 2.10 bits per heavy atom. The maximum Gasteiger partial charge on any atom is 0.259 e. The third kappa shape index (κ3) is 3.31. The minimum Gasteiger partial charge on any atom is -0.491 e. The third-order valence-electron chi connectivity index (χ3n) is 3.01. The Balaban J connectivity index is 2.28. The number of anilines is 2. The number of halogens is 1. The molecule has 0 aliphatic rings. The first-order valence-corrected chi connectivity index (χ1v) is 6.61. The quantitative estimate of drug-likeness (QED) is 0.848. The van der Waals surface area contributed by atoms with Gasteiger partial charge in [-0.3, -0.25) is 4.79 Å². The lowest BCUT2D eigenvalue weighted by molar-refractivity contribution is 0.102. The normalized spacial score (nSPS) is 10.2. The maximum atomic E-state index is 13.5. The summed E-state index contributed by atoms with van der Waals surface area (Å²) in [5, 5.41) is 2.64. The largest absolute Gasteiger partial charge is 0.491 e. The summed E-state index contributed by atoms with van der Waals surface area (Å²) in [4.78, 5) is 12.3. The zero-order valence-electron chi connectivity index (χ0n) is 11.9. The first kappa shape index (κ1) is 14.8. The average Bonchev–Trinajstić information content (AvgIpc) is 2.45. The van der Waals surface area contributed by atoms with Gasteiger partial charge in [-0.1, -0.05) is 12.1 Å². The second kappa shape index (κ2) is 6.26. The number of carbonyl (C=O) groups excluding carboxylic acids is 1. The highest BCUT2D eigenvalue weighted by atomic mass is 19.1. The van der Waals surface area contributed by atoms with E-state index in [2.05, 4.69) is 5.32 Å². The van der Waals surface area contributed by atoms with E-state index in [1.165, 1.54) is 6.07 Å². The summed E-state index contributed by atoms with van der Waals surface area (Å²) in [5.41, 5.74) is 7.43. The molecule has 5 heteroatoms. The van der Waals surface area contributed by atoms with E-state index in [4.69, 9.17) is 10.5 Å². The van der Waals surface area contributed by atoms with E-state index in [0.29, 0.717) is 34.9 Å². The Morgan fingerprint density at radius 1 is 1.33 bits per heavy atom. The molecular weight excluding hydrogens is 271 g/mol. The molecule has 0 bridgehead atoms. The summed E-state index contributed by atoms with van der Waals surface area (Å²) < 4.78 is 18.9. The fourth-order valence-electron chi connectivity index (χ4n) is 1.91. The lowest BCUT2D eigenvalue weighted by Gasteiger charge is -2.13. The minimum atomic E-state index is -0.394. The van der Waals surface area contributed by atoms with E-state index in [-0.39, 0.29) is 5.82 Å². The Bertz CT molecular complexity index is 671. The number of nitrogens with one attached hydrogen (secondary N) is 1. The molecule has 0 fully saturated rings. The van der Waals surface area contributed by atoms with Crippen LogP contribution in [0.1, 0.15) is 22.8 Å². The Morgan fingerprint density at radius 3 is 2.76 bits per heavy atom. The van der Waals surface area contributed by atoms with Gasteiger partial charge in [-0.15, -0.1) is 0 Å². The molecule has 0 aliphatic carbocycles. The average molecular weight is 288 g/mol. The molecule has 21 heavy (non-hydrogen) atoms. The van der Waals surface area contributed by atoms with E-state index < -0.39 is 5.91 Å². The highest BCUT2D eigenvalue weighted by molar-refractivity contribution is 6.07. The smallest absolute Gasteiger partial charge is 0.259 e. The molecule has 2 rings (SSSR count). The second-order valence-electron chi connectivity index (χ2n) is 4.58. The zero-order chi connectivity index (χ0) is 15.4. The second-order valence-corrected chi connectivity index (χ2v) is 4.58. The number of para-hydroxylation sites is 1. The number of hydrogen-bond donors (Lipinski definition) is 2. The van der Waals surface area contributed by atoms with Crippen molar-refractivity contribution in [1.82, 2.24) is 0 Å².